The molecule has 2 bridgehead atoms. The summed E-state index contributed by atoms with van der Waals surface area (Å²) < 4.78 is 0. The summed E-state index contributed by atoms with van der Waals surface area (Å²) in [6.45, 7) is 0. The van der Waals surface area contributed by atoms with Crippen LogP contribution in [-0.4, -0.2) is 17.9 Å². The average molecular weight is 255 g/mol. The lowest BCUT2D eigenvalue weighted by Gasteiger charge is -2.36. The van der Waals surface area contributed by atoms with Gasteiger partial charge in [0, 0.05) is 10.2 Å². The van der Waals surface area contributed by atoms with Gasteiger partial charge >= 0.3 is 0 Å². The normalized spacial score (nSPS) is 41.1. The third-order valence-electron chi connectivity index (χ3n) is 4.37. The second-order valence-electron chi connectivity index (χ2n) is 5.00. The molecule has 0 radical (unpaired) electrons. The van der Waals surface area contributed by atoms with Crippen LogP contribution in [0.25, 0.3) is 0 Å². The number of allylic oxidation sites excluding steroid dienone is 1. The standard InChI is InChI=1S/C12H17NOS2/c1-15-10-5-9-7-2-3-8(4-7)11(9)16-12(10)13-6-14/h6-9,11H,2-5H2,1H3,(H,13,14)/t7?,8-,9-,11+/m1/s1. The molecular formula is C12H17NOS2. The molecule has 3 aliphatic rings. The zero-order valence-electron chi connectivity index (χ0n) is 9.44. The fourth-order valence-corrected chi connectivity index (χ4v) is 6.21. The summed E-state index contributed by atoms with van der Waals surface area (Å²) in [5.74, 6) is 2.79. The maximum absolute atomic E-state index is 10.6. The number of rotatable bonds is 3. The third kappa shape index (κ3) is 1.61. The van der Waals surface area contributed by atoms with E-state index >= 15 is 0 Å². The molecule has 4 heteroatoms. The quantitative estimate of drug-likeness (QED) is 0.786. The van der Waals surface area contributed by atoms with Crippen molar-refractivity contribution in [2.24, 2.45) is 17.8 Å². The number of amides is 1. The summed E-state index contributed by atoms with van der Waals surface area (Å²) >= 11 is 3.75. The third-order valence-corrected chi connectivity index (χ3v) is 6.97. The van der Waals surface area contributed by atoms with Gasteiger partial charge < -0.3 is 5.32 Å². The Kier molecular flexibility index (Phi) is 2.96. The summed E-state index contributed by atoms with van der Waals surface area (Å²) in [7, 11) is 0. The predicted octanol–water partition coefficient (Wildman–Crippen LogP) is 2.82. The molecule has 0 saturated heterocycles. The van der Waals surface area contributed by atoms with Gasteiger partial charge in [0.2, 0.25) is 6.41 Å². The van der Waals surface area contributed by atoms with Crippen LogP contribution in [0.4, 0.5) is 0 Å². The molecule has 0 spiro atoms. The van der Waals surface area contributed by atoms with Crippen molar-refractivity contribution in [1.82, 2.24) is 5.32 Å². The van der Waals surface area contributed by atoms with Gasteiger partial charge in [0.15, 0.2) is 0 Å². The van der Waals surface area contributed by atoms with Crippen molar-refractivity contribution in [2.75, 3.05) is 6.26 Å². The molecule has 2 saturated carbocycles. The van der Waals surface area contributed by atoms with Gasteiger partial charge in [-0.25, -0.2) is 0 Å². The Morgan fingerprint density at radius 3 is 3.00 bits per heavy atom. The molecule has 4 atom stereocenters. The Balaban J connectivity index is 1.84. The number of carbonyl (C=O) groups excluding carboxylic acids is 1. The first-order valence-electron chi connectivity index (χ1n) is 5.97. The minimum Gasteiger partial charge on any atom is -0.323 e. The largest absolute Gasteiger partial charge is 0.323 e. The molecule has 0 aromatic rings. The molecule has 1 aliphatic heterocycles. The van der Waals surface area contributed by atoms with E-state index in [0.717, 1.165) is 34.4 Å². The smallest absolute Gasteiger partial charge is 0.211 e. The monoisotopic (exact) mass is 255 g/mol. The molecule has 0 aromatic carbocycles. The number of fused-ring (bicyclic) bond motifs is 5. The fraction of sp³-hybridized carbons (Fsp3) is 0.750. The SMILES string of the molecule is CSC1=C(NC=O)S[C@H]2[C@@H]3CCC(C3)[C@H]2C1. The van der Waals surface area contributed by atoms with Crippen LogP contribution >= 0.6 is 23.5 Å². The number of carbonyl (C=O) groups is 1. The van der Waals surface area contributed by atoms with E-state index in [4.69, 9.17) is 0 Å². The van der Waals surface area contributed by atoms with Crippen LogP contribution < -0.4 is 5.32 Å². The number of thioether (sulfide) groups is 2. The lowest BCUT2D eigenvalue weighted by molar-refractivity contribution is -0.108. The molecular weight excluding hydrogens is 238 g/mol. The molecule has 3 rings (SSSR count). The molecule has 1 heterocycles. The lowest BCUT2D eigenvalue weighted by atomic mass is 9.85. The van der Waals surface area contributed by atoms with E-state index in [-0.39, 0.29) is 0 Å². The van der Waals surface area contributed by atoms with Crippen LogP contribution in [0.15, 0.2) is 9.93 Å². The van der Waals surface area contributed by atoms with Crippen molar-refractivity contribution in [3.8, 4) is 0 Å². The average Bonchev–Trinajstić information content (AvgIpc) is 2.89. The molecule has 0 aromatic heterocycles. The first kappa shape index (κ1) is 11.0. The van der Waals surface area contributed by atoms with Crippen LogP contribution in [-0.2, 0) is 4.79 Å². The van der Waals surface area contributed by atoms with Crippen LogP contribution in [0.3, 0.4) is 0 Å². The zero-order valence-corrected chi connectivity index (χ0v) is 11.1. The van der Waals surface area contributed by atoms with E-state index in [9.17, 15) is 4.79 Å². The molecule has 1 N–H and O–H groups in total. The van der Waals surface area contributed by atoms with Gasteiger partial charge in [0.25, 0.3) is 0 Å². The highest BCUT2D eigenvalue weighted by Crippen LogP contribution is 2.59. The first-order chi connectivity index (χ1) is 7.83. The molecule has 2 aliphatic carbocycles. The van der Waals surface area contributed by atoms with E-state index in [1.54, 1.807) is 0 Å². The predicted molar refractivity (Wildman–Crippen MR) is 70.1 cm³/mol. The lowest BCUT2D eigenvalue weighted by Crippen LogP contribution is -2.30. The Morgan fingerprint density at radius 2 is 2.25 bits per heavy atom. The van der Waals surface area contributed by atoms with E-state index in [1.807, 2.05) is 23.5 Å². The Morgan fingerprint density at radius 1 is 1.44 bits per heavy atom. The Labute approximate surface area is 105 Å². The van der Waals surface area contributed by atoms with Crippen molar-refractivity contribution in [1.29, 1.82) is 0 Å². The maximum atomic E-state index is 10.6. The summed E-state index contributed by atoms with van der Waals surface area (Å²) in [6, 6.07) is 0. The van der Waals surface area contributed by atoms with E-state index in [1.165, 1.54) is 30.6 Å². The van der Waals surface area contributed by atoms with Gasteiger partial charge in [-0.1, -0.05) is 0 Å². The molecule has 2 nitrogen and oxygen atoms in total. The van der Waals surface area contributed by atoms with Gasteiger partial charge in [0.1, 0.15) is 0 Å². The van der Waals surface area contributed by atoms with Crippen molar-refractivity contribution in [3.05, 3.63) is 9.93 Å². The topological polar surface area (TPSA) is 29.1 Å². The summed E-state index contributed by atoms with van der Waals surface area (Å²) in [5, 5.41) is 4.82. The molecule has 1 unspecified atom stereocenters. The van der Waals surface area contributed by atoms with Gasteiger partial charge in [-0.2, -0.15) is 0 Å². The number of hydrogen-bond donors (Lipinski definition) is 1. The molecule has 16 heavy (non-hydrogen) atoms. The second kappa shape index (κ2) is 4.30. The maximum Gasteiger partial charge on any atom is 0.211 e. The second-order valence-corrected chi connectivity index (χ2v) is 7.09. The summed E-state index contributed by atoms with van der Waals surface area (Å²) in [6.07, 6.45) is 8.46. The number of nitrogens with one attached hydrogen (secondary N) is 1. The van der Waals surface area contributed by atoms with Gasteiger partial charge in [0.05, 0.1) is 5.03 Å². The highest BCUT2D eigenvalue weighted by Gasteiger charge is 2.50. The van der Waals surface area contributed by atoms with Gasteiger partial charge in [-0.3, -0.25) is 4.79 Å². The fourth-order valence-electron chi connectivity index (χ4n) is 3.68. The minimum absolute atomic E-state index is 0.789. The van der Waals surface area contributed by atoms with Crippen molar-refractivity contribution in [3.63, 3.8) is 0 Å². The van der Waals surface area contributed by atoms with Crippen LogP contribution in [0.2, 0.25) is 0 Å². The van der Waals surface area contributed by atoms with E-state index in [0.29, 0.717) is 0 Å². The van der Waals surface area contributed by atoms with Gasteiger partial charge in [-0.15, -0.1) is 23.5 Å². The van der Waals surface area contributed by atoms with Crippen LogP contribution in [0.1, 0.15) is 25.7 Å². The Bertz CT molecular complexity index is 342. The zero-order chi connectivity index (χ0) is 11.1. The highest BCUT2D eigenvalue weighted by atomic mass is 32.2. The first-order valence-corrected chi connectivity index (χ1v) is 8.08. The van der Waals surface area contributed by atoms with Crippen molar-refractivity contribution >= 4 is 29.9 Å². The highest BCUT2D eigenvalue weighted by molar-refractivity contribution is 8.06. The van der Waals surface area contributed by atoms with Gasteiger partial charge in [-0.05, 0) is 49.7 Å². The van der Waals surface area contributed by atoms with E-state index in [2.05, 4.69) is 11.6 Å². The van der Waals surface area contributed by atoms with Crippen LogP contribution in [0.5, 0.6) is 0 Å². The summed E-state index contributed by atoms with van der Waals surface area (Å²) in [4.78, 5) is 12.0. The minimum atomic E-state index is 0.789. The van der Waals surface area contributed by atoms with E-state index < -0.39 is 0 Å². The molecule has 2 fully saturated rings. The molecule has 88 valence electrons. The van der Waals surface area contributed by atoms with Crippen LogP contribution in [0, 0.1) is 17.8 Å². The Hall–Kier alpha value is -0.0900. The summed E-state index contributed by atoms with van der Waals surface area (Å²) in [5.41, 5.74) is 0. The van der Waals surface area contributed by atoms with Crippen molar-refractivity contribution < 1.29 is 4.79 Å². The van der Waals surface area contributed by atoms with Crippen molar-refractivity contribution in [2.45, 2.75) is 30.9 Å². The number of hydrogen-bond acceptors (Lipinski definition) is 3. The molecule has 1 amide bonds.